The highest BCUT2D eigenvalue weighted by atomic mass is 32.2. The van der Waals surface area contributed by atoms with Crippen LogP contribution in [0.15, 0.2) is 54.9 Å². The van der Waals surface area contributed by atoms with Gasteiger partial charge < -0.3 is 10.2 Å². The summed E-state index contributed by atoms with van der Waals surface area (Å²) >= 11 is 0. The van der Waals surface area contributed by atoms with Crippen molar-refractivity contribution in [3.8, 4) is 0 Å². The van der Waals surface area contributed by atoms with Gasteiger partial charge >= 0.3 is 15.5 Å². The van der Waals surface area contributed by atoms with Crippen molar-refractivity contribution in [1.29, 1.82) is 0 Å². The Morgan fingerprint density at radius 2 is 1.55 bits per heavy atom. The minimum atomic E-state index is -5.54. The third-order valence-corrected chi connectivity index (χ3v) is 6.93. The summed E-state index contributed by atoms with van der Waals surface area (Å²) in [6, 6.07) is 10.9. The second-order valence-corrected chi connectivity index (χ2v) is 10.6. The number of sulfonamides is 1. The van der Waals surface area contributed by atoms with E-state index in [9.17, 15) is 30.4 Å². The van der Waals surface area contributed by atoms with Gasteiger partial charge in [-0.15, -0.1) is 0 Å². The zero-order valence-electron chi connectivity index (χ0n) is 19.9. The average molecular weight is 560 g/mol. The molecule has 14 heteroatoms. The summed E-state index contributed by atoms with van der Waals surface area (Å²) in [6.45, 7) is 1.10. The lowest BCUT2D eigenvalue weighted by Crippen LogP contribution is -2.29. The van der Waals surface area contributed by atoms with E-state index in [1.165, 1.54) is 35.3 Å². The molecule has 0 atom stereocenters. The number of nitrogens with zero attached hydrogens (tertiary/aromatic N) is 3. The minimum Gasteiger partial charge on any atom is -0.363 e. The molecule has 0 unspecified atom stereocenters. The SMILES string of the molecule is CC(F)(F)c1ccc(CN(c2ncnc(NCc3ccc(NS(=O)(=O)C(F)(F)F)cc3)c2F)C2CC2)cc1. The van der Waals surface area contributed by atoms with Gasteiger partial charge in [-0.25, -0.2) is 18.7 Å². The molecule has 0 bridgehead atoms. The van der Waals surface area contributed by atoms with E-state index in [0.717, 1.165) is 31.9 Å². The van der Waals surface area contributed by atoms with E-state index in [1.54, 1.807) is 17.0 Å². The number of alkyl halides is 5. The van der Waals surface area contributed by atoms with E-state index in [1.807, 2.05) is 0 Å². The van der Waals surface area contributed by atoms with Crippen molar-refractivity contribution in [1.82, 2.24) is 9.97 Å². The van der Waals surface area contributed by atoms with Crippen LogP contribution in [0.2, 0.25) is 0 Å². The summed E-state index contributed by atoms with van der Waals surface area (Å²) in [4.78, 5) is 9.78. The molecule has 2 aromatic carbocycles. The van der Waals surface area contributed by atoms with Gasteiger partial charge in [0.15, 0.2) is 11.6 Å². The Kier molecular flexibility index (Phi) is 7.46. The number of aromatic nitrogens is 2. The standard InChI is InChI=1S/C24H23F6N5O2S/c1-23(26,27)17-6-2-16(3-7-17)13-35(19-10-11-19)22-20(25)21(32-14-33-22)31-12-15-4-8-18(9-5-15)34-38(36,37)24(28,29)30/h2-9,14,19,34H,10-13H2,1H3,(H,31,32,33). The van der Waals surface area contributed by atoms with Crippen LogP contribution in [-0.2, 0) is 29.0 Å². The van der Waals surface area contributed by atoms with E-state index in [0.29, 0.717) is 11.1 Å². The van der Waals surface area contributed by atoms with Gasteiger partial charge in [0.1, 0.15) is 6.33 Å². The maximum Gasteiger partial charge on any atom is 0.516 e. The van der Waals surface area contributed by atoms with E-state index in [4.69, 9.17) is 0 Å². The fourth-order valence-corrected chi connectivity index (χ4v) is 4.20. The molecule has 204 valence electrons. The summed E-state index contributed by atoms with van der Waals surface area (Å²) in [5.41, 5.74) is -4.62. The molecular formula is C24H23F6N5O2S. The number of anilines is 3. The van der Waals surface area contributed by atoms with E-state index in [-0.39, 0.29) is 42.0 Å². The number of halogens is 6. The lowest BCUT2D eigenvalue weighted by Gasteiger charge is -2.25. The van der Waals surface area contributed by atoms with Crippen LogP contribution < -0.4 is 14.9 Å². The van der Waals surface area contributed by atoms with E-state index >= 15 is 4.39 Å². The monoisotopic (exact) mass is 559 g/mol. The van der Waals surface area contributed by atoms with Gasteiger partial charge in [-0.2, -0.15) is 26.0 Å². The topological polar surface area (TPSA) is 87.2 Å². The fourth-order valence-electron chi connectivity index (χ4n) is 3.64. The zero-order valence-corrected chi connectivity index (χ0v) is 20.8. The van der Waals surface area contributed by atoms with Crippen LogP contribution >= 0.6 is 0 Å². The van der Waals surface area contributed by atoms with Crippen LogP contribution in [0, 0.1) is 5.82 Å². The smallest absolute Gasteiger partial charge is 0.363 e. The molecule has 0 saturated heterocycles. The van der Waals surface area contributed by atoms with Gasteiger partial charge in [-0.3, -0.25) is 4.72 Å². The fraction of sp³-hybridized carbons (Fsp3) is 0.333. The van der Waals surface area contributed by atoms with Crippen molar-refractivity contribution in [3.05, 3.63) is 77.4 Å². The molecule has 1 saturated carbocycles. The lowest BCUT2D eigenvalue weighted by molar-refractivity contribution is -0.0429. The largest absolute Gasteiger partial charge is 0.516 e. The van der Waals surface area contributed by atoms with Gasteiger partial charge in [0, 0.05) is 37.3 Å². The number of benzene rings is 2. The van der Waals surface area contributed by atoms with Crippen molar-refractivity contribution in [2.24, 2.45) is 0 Å². The summed E-state index contributed by atoms with van der Waals surface area (Å²) in [5.74, 6) is -3.74. The Morgan fingerprint density at radius 1 is 0.947 bits per heavy atom. The third-order valence-electron chi connectivity index (χ3n) is 5.82. The second-order valence-electron chi connectivity index (χ2n) is 8.91. The normalized spacial score (nSPS) is 14.3. The van der Waals surface area contributed by atoms with Crippen LogP contribution in [0.3, 0.4) is 0 Å². The van der Waals surface area contributed by atoms with Gasteiger partial charge in [-0.05, 0) is 36.1 Å². The second kappa shape index (κ2) is 10.3. The highest BCUT2D eigenvalue weighted by Gasteiger charge is 2.46. The Hall–Kier alpha value is -3.55. The van der Waals surface area contributed by atoms with Crippen molar-refractivity contribution < 1.29 is 34.8 Å². The molecule has 0 radical (unpaired) electrons. The van der Waals surface area contributed by atoms with Crippen LogP contribution in [0.4, 0.5) is 43.7 Å². The van der Waals surface area contributed by atoms with Gasteiger partial charge in [-0.1, -0.05) is 36.4 Å². The minimum absolute atomic E-state index is 0.0348. The number of hydrogen-bond acceptors (Lipinski definition) is 6. The van der Waals surface area contributed by atoms with Crippen molar-refractivity contribution in [2.75, 3.05) is 14.9 Å². The number of nitrogens with one attached hydrogen (secondary N) is 2. The number of rotatable bonds is 10. The molecule has 1 fully saturated rings. The van der Waals surface area contributed by atoms with E-state index < -0.39 is 27.3 Å². The molecule has 2 N–H and O–H groups in total. The molecule has 7 nitrogen and oxygen atoms in total. The van der Waals surface area contributed by atoms with Crippen LogP contribution in [-0.4, -0.2) is 29.9 Å². The molecule has 3 aromatic rings. The van der Waals surface area contributed by atoms with Crippen LogP contribution in [0.25, 0.3) is 0 Å². The van der Waals surface area contributed by atoms with Gasteiger partial charge in [0.05, 0.1) is 0 Å². The van der Waals surface area contributed by atoms with Crippen molar-refractivity contribution >= 4 is 27.3 Å². The average Bonchev–Trinajstić information content (AvgIpc) is 3.67. The predicted molar refractivity (Wildman–Crippen MR) is 130 cm³/mol. The van der Waals surface area contributed by atoms with Gasteiger partial charge in [0.25, 0.3) is 5.92 Å². The quantitative estimate of drug-likeness (QED) is 0.307. The summed E-state index contributed by atoms with van der Waals surface area (Å²) < 4.78 is 104. The maximum absolute atomic E-state index is 15.4. The first kappa shape index (κ1) is 27.5. The molecule has 0 spiro atoms. The Bertz CT molecular complexity index is 1370. The van der Waals surface area contributed by atoms with Crippen molar-refractivity contribution in [3.63, 3.8) is 0 Å². The van der Waals surface area contributed by atoms with E-state index in [2.05, 4.69) is 15.3 Å². The maximum atomic E-state index is 15.4. The van der Waals surface area contributed by atoms with Crippen LogP contribution in [0.1, 0.15) is 36.5 Å². The third kappa shape index (κ3) is 6.47. The number of hydrogen-bond donors (Lipinski definition) is 2. The zero-order chi connectivity index (χ0) is 27.7. The predicted octanol–water partition coefficient (Wildman–Crippen LogP) is 5.77. The summed E-state index contributed by atoms with van der Waals surface area (Å²) in [7, 11) is -5.54. The lowest BCUT2D eigenvalue weighted by atomic mass is 10.1. The summed E-state index contributed by atoms with van der Waals surface area (Å²) in [5, 5.41) is 2.81. The molecule has 1 aliphatic rings. The molecule has 0 aliphatic heterocycles. The molecule has 1 heterocycles. The van der Waals surface area contributed by atoms with Crippen molar-refractivity contribution in [2.45, 2.75) is 50.3 Å². The van der Waals surface area contributed by atoms with Crippen LogP contribution in [0.5, 0.6) is 0 Å². The Balaban J connectivity index is 1.45. The highest BCUT2D eigenvalue weighted by molar-refractivity contribution is 7.93. The first-order valence-electron chi connectivity index (χ1n) is 11.4. The van der Waals surface area contributed by atoms with Gasteiger partial charge in [0.2, 0.25) is 5.82 Å². The Morgan fingerprint density at radius 3 is 2.11 bits per heavy atom. The molecule has 4 rings (SSSR count). The highest BCUT2D eigenvalue weighted by Crippen LogP contribution is 2.35. The molecule has 1 aliphatic carbocycles. The first-order chi connectivity index (χ1) is 17.7. The molecule has 1 aromatic heterocycles. The first-order valence-corrected chi connectivity index (χ1v) is 12.9. The molecule has 38 heavy (non-hydrogen) atoms. The molecular weight excluding hydrogens is 536 g/mol. The Labute approximate surface area is 215 Å². The summed E-state index contributed by atoms with van der Waals surface area (Å²) in [6.07, 6.45) is 2.83. The molecule has 0 amide bonds.